The highest BCUT2D eigenvalue weighted by molar-refractivity contribution is 9.09. The molecular weight excluding hydrogens is 204 g/mol. The lowest BCUT2D eigenvalue weighted by Gasteiger charge is -2.16. The van der Waals surface area contributed by atoms with Crippen LogP contribution in [0, 0.1) is 5.92 Å². The summed E-state index contributed by atoms with van der Waals surface area (Å²) in [6.45, 7) is 8.19. The minimum absolute atomic E-state index is 0.624. The average Bonchev–Trinajstić information content (AvgIpc) is 2.00. The van der Waals surface area contributed by atoms with Gasteiger partial charge in [-0.1, -0.05) is 36.2 Å². The fourth-order valence-electron chi connectivity index (χ4n) is 0.968. The summed E-state index contributed by atoms with van der Waals surface area (Å²) >= 11 is 3.65. The minimum atomic E-state index is 0.624. The quantitative estimate of drug-likeness (QED) is 0.628. The van der Waals surface area contributed by atoms with E-state index in [0.717, 1.165) is 13.2 Å². The smallest absolute Gasteiger partial charge is 0.0502 e. The van der Waals surface area contributed by atoms with Crippen molar-refractivity contribution in [3.05, 3.63) is 0 Å². The first-order valence-electron chi connectivity index (χ1n) is 4.44. The van der Waals surface area contributed by atoms with Gasteiger partial charge in [0.15, 0.2) is 0 Å². The standard InChI is InChI=1S/C9H19BrO/c1-4-6-9(10)8(3)7-11-5-2/h8-9H,4-7H2,1-3H3. The number of hydrogen-bond donors (Lipinski definition) is 0. The van der Waals surface area contributed by atoms with Gasteiger partial charge in [0, 0.05) is 11.4 Å². The van der Waals surface area contributed by atoms with E-state index in [1.165, 1.54) is 12.8 Å². The summed E-state index contributed by atoms with van der Waals surface area (Å²) in [6.07, 6.45) is 2.49. The number of ether oxygens (including phenoxy) is 1. The third-order valence-corrected chi connectivity index (χ3v) is 3.13. The lowest BCUT2D eigenvalue weighted by Crippen LogP contribution is -2.16. The van der Waals surface area contributed by atoms with E-state index in [1.54, 1.807) is 0 Å². The van der Waals surface area contributed by atoms with Gasteiger partial charge in [-0.05, 0) is 19.3 Å². The topological polar surface area (TPSA) is 9.23 Å². The molecule has 0 heterocycles. The largest absolute Gasteiger partial charge is 0.381 e. The number of alkyl halides is 1. The van der Waals surface area contributed by atoms with Gasteiger partial charge in [0.2, 0.25) is 0 Å². The second-order valence-corrected chi connectivity index (χ2v) is 4.12. The molecule has 0 spiro atoms. The van der Waals surface area contributed by atoms with Crippen LogP contribution < -0.4 is 0 Å². The van der Waals surface area contributed by atoms with Crippen molar-refractivity contribution in [3.63, 3.8) is 0 Å². The molecular formula is C9H19BrO. The predicted octanol–water partition coefficient (Wildman–Crippen LogP) is 3.22. The molecule has 0 rings (SSSR count). The summed E-state index contributed by atoms with van der Waals surface area (Å²) in [5, 5.41) is 0. The molecule has 11 heavy (non-hydrogen) atoms. The number of hydrogen-bond acceptors (Lipinski definition) is 1. The van der Waals surface area contributed by atoms with Gasteiger partial charge in [0.05, 0.1) is 6.61 Å². The molecule has 0 bridgehead atoms. The number of halogens is 1. The van der Waals surface area contributed by atoms with Gasteiger partial charge < -0.3 is 4.74 Å². The lowest BCUT2D eigenvalue weighted by molar-refractivity contribution is 0.115. The van der Waals surface area contributed by atoms with Crippen LogP contribution in [0.25, 0.3) is 0 Å². The van der Waals surface area contributed by atoms with Gasteiger partial charge in [-0.25, -0.2) is 0 Å². The molecule has 0 N–H and O–H groups in total. The zero-order chi connectivity index (χ0) is 8.69. The van der Waals surface area contributed by atoms with Crippen LogP contribution in [-0.4, -0.2) is 18.0 Å². The van der Waals surface area contributed by atoms with Crippen LogP contribution in [-0.2, 0) is 4.74 Å². The molecule has 0 saturated carbocycles. The Morgan fingerprint density at radius 1 is 1.36 bits per heavy atom. The maximum atomic E-state index is 5.33. The molecule has 0 amide bonds. The van der Waals surface area contributed by atoms with E-state index in [1.807, 2.05) is 6.92 Å². The van der Waals surface area contributed by atoms with Gasteiger partial charge in [-0.3, -0.25) is 0 Å². The molecule has 0 aliphatic carbocycles. The normalized spacial score (nSPS) is 16.4. The van der Waals surface area contributed by atoms with Crippen LogP contribution in [0.4, 0.5) is 0 Å². The highest BCUT2D eigenvalue weighted by Crippen LogP contribution is 2.18. The Kier molecular flexibility index (Phi) is 7.39. The molecule has 2 heteroatoms. The molecule has 2 unspecified atom stereocenters. The van der Waals surface area contributed by atoms with E-state index in [0.29, 0.717) is 10.7 Å². The first-order chi connectivity index (χ1) is 5.22. The Hall–Kier alpha value is 0.440. The van der Waals surface area contributed by atoms with Crippen molar-refractivity contribution in [2.75, 3.05) is 13.2 Å². The number of rotatable bonds is 6. The second-order valence-electron chi connectivity index (χ2n) is 2.94. The molecule has 0 saturated heterocycles. The van der Waals surface area contributed by atoms with E-state index in [-0.39, 0.29) is 0 Å². The Morgan fingerprint density at radius 2 is 2.00 bits per heavy atom. The summed E-state index contributed by atoms with van der Waals surface area (Å²) in [4.78, 5) is 0.624. The Labute approximate surface area is 78.6 Å². The van der Waals surface area contributed by atoms with E-state index in [4.69, 9.17) is 4.74 Å². The minimum Gasteiger partial charge on any atom is -0.381 e. The summed E-state index contributed by atoms with van der Waals surface area (Å²) in [5.74, 6) is 0.634. The second kappa shape index (κ2) is 7.11. The molecule has 0 fully saturated rings. The molecule has 2 atom stereocenters. The molecule has 0 aliphatic rings. The third kappa shape index (κ3) is 5.68. The van der Waals surface area contributed by atoms with Gasteiger partial charge in [0.25, 0.3) is 0 Å². The molecule has 0 radical (unpaired) electrons. The van der Waals surface area contributed by atoms with Crippen LogP contribution in [0.2, 0.25) is 0 Å². The van der Waals surface area contributed by atoms with Crippen LogP contribution in [0.1, 0.15) is 33.6 Å². The van der Waals surface area contributed by atoms with Crippen molar-refractivity contribution < 1.29 is 4.74 Å². The predicted molar refractivity (Wildman–Crippen MR) is 53.3 cm³/mol. The maximum Gasteiger partial charge on any atom is 0.0502 e. The van der Waals surface area contributed by atoms with Gasteiger partial charge >= 0.3 is 0 Å². The molecule has 68 valence electrons. The summed E-state index contributed by atoms with van der Waals surface area (Å²) in [7, 11) is 0. The van der Waals surface area contributed by atoms with Crippen molar-refractivity contribution in [2.24, 2.45) is 5.92 Å². The van der Waals surface area contributed by atoms with Crippen molar-refractivity contribution in [1.82, 2.24) is 0 Å². The fourth-order valence-corrected chi connectivity index (χ4v) is 1.58. The zero-order valence-electron chi connectivity index (χ0n) is 7.77. The van der Waals surface area contributed by atoms with E-state index >= 15 is 0 Å². The summed E-state index contributed by atoms with van der Waals surface area (Å²) in [6, 6.07) is 0. The van der Waals surface area contributed by atoms with Crippen LogP contribution in [0.3, 0.4) is 0 Å². The molecule has 0 aliphatic heterocycles. The summed E-state index contributed by atoms with van der Waals surface area (Å²) in [5.41, 5.74) is 0. The Morgan fingerprint density at radius 3 is 2.45 bits per heavy atom. The maximum absolute atomic E-state index is 5.33. The zero-order valence-corrected chi connectivity index (χ0v) is 9.36. The fraction of sp³-hybridized carbons (Fsp3) is 1.00. The molecule has 0 aromatic rings. The highest BCUT2D eigenvalue weighted by Gasteiger charge is 2.12. The first-order valence-corrected chi connectivity index (χ1v) is 5.35. The van der Waals surface area contributed by atoms with Crippen molar-refractivity contribution in [3.8, 4) is 0 Å². The van der Waals surface area contributed by atoms with Crippen molar-refractivity contribution in [1.29, 1.82) is 0 Å². The first kappa shape index (κ1) is 11.4. The highest BCUT2D eigenvalue weighted by atomic mass is 79.9. The van der Waals surface area contributed by atoms with Crippen LogP contribution >= 0.6 is 15.9 Å². The Balaban J connectivity index is 3.38. The van der Waals surface area contributed by atoms with Crippen LogP contribution in [0.5, 0.6) is 0 Å². The average molecular weight is 223 g/mol. The van der Waals surface area contributed by atoms with Gasteiger partial charge in [-0.2, -0.15) is 0 Å². The molecule has 0 aromatic carbocycles. The third-order valence-electron chi connectivity index (χ3n) is 1.77. The van der Waals surface area contributed by atoms with E-state index < -0.39 is 0 Å². The Bertz CT molecular complexity index is 85.6. The summed E-state index contributed by atoms with van der Waals surface area (Å²) < 4.78 is 5.33. The monoisotopic (exact) mass is 222 g/mol. The molecule has 1 nitrogen and oxygen atoms in total. The lowest BCUT2D eigenvalue weighted by atomic mass is 10.1. The van der Waals surface area contributed by atoms with E-state index in [2.05, 4.69) is 29.8 Å². The van der Waals surface area contributed by atoms with E-state index in [9.17, 15) is 0 Å². The van der Waals surface area contributed by atoms with Crippen molar-refractivity contribution in [2.45, 2.75) is 38.4 Å². The van der Waals surface area contributed by atoms with Gasteiger partial charge in [-0.15, -0.1) is 0 Å². The molecule has 0 aromatic heterocycles. The van der Waals surface area contributed by atoms with Crippen LogP contribution in [0.15, 0.2) is 0 Å². The van der Waals surface area contributed by atoms with Gasteiger partial charge in [0.1, 0.15) is 0 Å². The van der Waals surface area contributed by atoms with Crippen molar-refractivity contribution >= 4 is 15.9 Å². The SMILES string of the molecule is CCCC(Br)C(C)COCC.